The van der Waals surface area contributed by atoms with Crippen molar-refractivity contribution >= 4 is 0 Å². The number of rotatable bonds is 4. The van der Waals surface area contributed by atoms with E-state index in [1.54, 1.807) is 0 Å². The second-order valence-corrected chi connectivity index (χ2v) is 6.07. The Kier molecular flexibility index (Phi) is 4.11. The molecular weight excluding hydrogens is 260 g/mol. The second kappa shape index (κ2) is 6.02. The van der Waals surface area contributed by atoms with Crippen LogP contribution in [0.2, 0.25) is 0 Å². The summed E-state index contributed by atoms with van der Waals surface area (Å²) in [6, 6.07) is 12.4. The lowest BCUT2D eigenvalue weighted by molar-refractivity contribution is -0.0301. The third kappa shape index (κ3) is 2.62. The minimum atomic E-state index is -0.786. The molecule has 0 radical (unpaired) electrons. The Hall–Kier alpha value is -1.61. The van der Waals surface area contributed by atoms with Crippen LogP contribution in [-0.4, -0.2) is 14.9 Å². The number of aryl methyl sites for hydroxylation is 1. The zero-order chi connectivity index (χ0) is 14.7. The SMILES string of the molecule is CCCn1nccc1C1(O)CCCCC1c1ccccc1. The maximum absolute atomic E-state index is 11.5. The summed E-state index contributed by atoms with van der Waals surface area (Å²) < 4.78 is 1.99. The summed E-state index contributed by atoms with van der Waals surface area (Å²) in [5.41, 5.74) is 1.44. The van der Waals surface area contributed by atoms with Crippen LogP contribution in [0.25, 0.3) is 0 Å². The van der Waals surface area contributed by atoms with E-state index in [-0.39, 0.29) is 5.92 Å². The zero-order valence-electron chi connectivity index (χ0n) is 12.7. The third-order valence-electron chi connectivity index (χ3n) is 4.67. The van der Waals surface area contributed by atoms with Crippen LogP contribution in [0.15, 0.2) is 42.6 Å². The molecule has 1 aliphatic carbocycles. The highest BCUT2D eigenvalue weighted by molar-refractivity contribution is 5.28. The fourth-order valence-electron chi connectivity index (χ4n) is 3.68. The Morgan fingerprint density at radius 3 is 2.81 bits per heavy atom. The van der Waals surface area contributed by atoms with Crippen molar-refractivity contribution in [3.8, 4) is 0 Å². The number of benzene rings is 1. The van der Waals surface area contributed by atoms with E-state index >= 15 is 0 Å². The molecule has 0 bridgehead atoms. The van der Waals surface area contributed by atoms with E-state index in [4.69, 9.17) is 0 Å². The fraction of sp³-hybridized carbons (Fsp3) is 0.500. The number of hydrogen-bond acceptors (Lipinski definition) is 2. The minimum absolute atomic E-state index is 0.166. The van der Waals surface area contributed by atoms with Gasteiger partial charge in [0.25, 0.3) is 0 Å². The highest BCUT2D eigenvalue weighted by atomic mass is 16.3. The van der Waals surface area contributed by atoms with Crippen LogP contribution in [0.4, 0.5) is 0 Å². The summed E-state index contributed by atoms with van der Waals surface area (Å²) in [6.07, 6.45) is 6.97. The molecule has 1 fully saturated rings. The van der Waals surface area contributed by atoms with E-state index in [2.05, 4.69) is 36.3 Å². The first-order valence-corrected chi connectivity index (χ1v) is 8.05. The summed E-state index contributed by atoms with van der Waals surface area (Å²) in [5.74, 6) is 0.166. The van der Waals surface area contributed by atoms with Gasteiger partial charge in [-0.05, 0) is 30.9 Å². The second-order valence-electron chi connectivity index (χ2n) is 6.07. The smallest absolute Gasteiger partial charge is 0.113 e. The number of aliphatic hydroxyl groups is 1. The van der Waals surface area contributed by atoms with Gasteiger partial charge in [0, 0.05) is 18.7 Å². The van der Waals surface area contributed by atoms with Crippen molar-refractivity contribution in [2.45, 2.75) is 57.1 Å². The summed E-state index contributed by atoms with van der Waals surface area (Å²) in [6.45, 7) is 3.01. The summed E-state index contributed by atoms with van der Waals surface area (Å²) in [5, 5.41) is 15.9. The van der Waals surface area contributed by atoms with E-state index in [0.29, 0.717) is 0 Å². The van der Waals surface area contributed by atoms with Crippen molar-refractivity contribution in [2.75, 3.05) is 0 Å². The van der Waals surface area contributed by atoms with E-state index in [1.165, 1.54) is 12.0 Å². The quantitative estimate of drug-likeness (QED) is 0.926. The normalized spacial score (nSPS) is 25.9. The van der Waals surface area contributed by atoms with Crippen LogP contribution in [-0.2, 0) is 12.1 Å². The Balaban J connectivity index is 2.01. The molecule has 1 aromatic carbocycles. The molecule has 1 aliphatic rings. The van der Waals surface area contributed by atoms with Gasteiger partial charge in [-0.2, -0.15) is 5.10 Å². The molecule has 3 rings (SSSR count). The lowest BCUT2D eigenvalue weighted by Gasteiger charge is -2.40. The van der Waals surface area contributed by atoms with Crippen LogP contribution in [0.1, 0.15) is 56.2 Å². The van der Waals surface area contributed by atoms with Gasteiger partial charge in [0.15, 0.2) is 0 Å². The monoisotopic (exact) mass is 284 g/mol. The molecular formula is C18H24N2O. The molecule has 2 unspecified atom stereocenters. The molecule has 0 saturated heterocycles. The topological polar surface area (TPSA) is 38.0 Å². The Labute approximate surface area is 126 Å². The predicted octanol–water partition coefficient (Wildman–Crippen LogP) is 3.84. The van der Waals surface area contributed by atoms with Gasteiger partial charge < -0.3 is 5.11 Å². The molecule has 1 N–H and O–H groups in total. The first-order valence-electron chi connectivity index (χ1n) is 8.05. The van der Waals surface area contributed by atoms with Gasteiger partial charge in [-0.15, -0.1) is 0 Å². The Morgan fingerprint density at radius 2 is 2.05 bits per heavy atom. The van der Waals surface area contributed by atoms with Crippen LogP contribution in [0, 0.1) is 0 Å². The zero-order valence-corrected chi connectivity index (χ0v) is 12.7. The van der Waals surface area contributed by atoms with Crippen LogP contribution >= 0.6 is 0 Å². The van der Waals surface area contributed by atoms with Gasteiger partial charge >= 0.3 is 0 Å². The molecule has 112 valence electrons. The lowest BCUT2D eigenvalue weighted by atomic mass is 9.70. The number of nitrogens with zero attached hydrogens (tertiary/aromatic N) is 2. The molecule has 1 saturated carbocycles. The maximum Gasteiger partial charge on any atom is 0.113 e. The van der Waals surface area contributed by atoms with Crippen molar-refractivity contribution in [3.05, 3.63) is 53.9 Å². The molecule has 1 heterocycles. The summed E-state index contributed by atoms with van der Waals surface area (Å²) in [7, 11) is 0. The lowest BCUT2D eigenvalue weighted by Crippen LogP contribution is -2.38. The molecule has 1 aromatic heterocycles. The fourth-order valence-corrected chi connectivity index (χ4v) is 3.68. The average Bonchev–Trinajstić information content (AvgIpc) is 2.98. The molecule has 21 heavy (non-hydrogen) atoms. The minimum Gasteiger partial charge on any atom is -0.383 e. The Bertz CT molecular complexity index is 578. The van der Waals surface area contributed by atoms with Gasteiger partial charge in [0.05, 0.1) is 5.69 Å². The molecule has 0 amide bonds. The van der Waals surface area contributed by atoms with Crippen molar-refractivity contribution in [2.24, 2.45) is 0 Å². The number of hydrogen-bond donors (Lipinski definition) is 1. The average molecular weight is 284 g/mol. The largest absolute Gasteiger partial charge is 0.383 e. The van der Waals surface area contributed by atoms with Crippen LogP contribution < -0.4 is 0 Å². The molecule has 2 atom stereocenters. The maximum atomic E-state index is 11.5. The standard InChI is InChI=1S/C18H24N2O/c1-2-14-20-17(11-13-19-20)18(21)12-7-6-10-16(18)15-8-4-3-5-9-15/h3-5,8-9,11,13,16,21H,2,6-7,10,12,14H2,1H3. The van der Waals surface area contributed by atoms with Crippen molar-refractivity contribution < 1.29 is 5.11 Å². The Morgan fingerprint density at radius 1 is 1.24 bits per heavy atom. The van der Waals surface area contributed by atoms with Gasteiger partial charge in [-0.25, -0.2) is 0 Å². The highest BCUT2D eigenvalue weighted by Crippen LogP contribution is 2.47. The van der Waals surface area contributed by atoms with E-state index in [0.717, 1.165) is 37.9 Å². The molecule has 2 aromatic rings. The van der Waals surface area contributed by atoms with Gasteiger partial charge in [-0.3, -0.25) is 4.68 Å². The van der Waals surface area contributed by atoms with Gasteiger partial charge in [0.1, 0.15) is 5.60 Å². The van der Waals surface area contributed by atoms with Crippen molar-refractivity contribution in [3.63, 3.8) is 0 Å². The summed E-state index contributed by atoms with van der Waals surface area (Å²) >= 11 is 0. The predicted molar refractivity (Wildman–Crippen MR) is 84.1 cm³/mol. The van der Waals surface area contributed by atoms with E-state index in [9.17, 15) is 5.11 Å². The molecule has 0 spiro atoms. The van der Waals surface area contributed by atoms with Crippen LogP contribution in [0.3, 0.4) is 0 Å². The van der Waals surface area contributed by atoms with Crippen LogP contribution in [0.5, 0.6) is 0 Å². The number of aromatic nitrogens is 2. The van der Waals surface area contributed by atoms with Gasteiger partial charge in [0.2, 0.25) is 0 Å². The highest BCUT2D eigenvalue weighted by Gasteiger charge is 2.43. The molecule has 3 heteroatoms. The van der Waals surface area contributed by atoms with E-state index < -0.39 is 5.60 Å². The summed E-state index contributed by atoms with van der Waals surface area (Å²) in [4.78, 5) is 0. The first-order chi connectivity index (χ1) is 10.3. The van der Waals surface area contributed by atoms with E-state index in [1.807, 2.05) is 23.0 Å². The molecule has 3 nitrogen and oxygen atoms in total. The van der Waals surface area contributed by atoms with Gasteiger partial charge in [-0.1, -0.05) is 50.1 Å². The van der Waals surface area contributed by atoms with Crippen molar-refractivity contribution in [1.82, 2.24) is 9.78 Å². The molecule has 0 aliphatic heterocycles. The first kappa shape index (κ1) is 14.3. The third-order valence-corrected chi connectivity index (χ3v) is 4.67. The van der Waals surface area contributed by atoms with Crippen molar-refractivity contribution in [1.29, 1.82) is 0 Å².